The number of nitrogens with zero attached hydrogens (tertiary/aromatic N) is 1. The lowest BCUT2D eigenvalue weighted by atomic mass is 9.95. The molecule has 5 nitrogen and oxygen atoms in total. The average molecular weight is 304 g/mol. The van der Waals surface area contributed by atoms with Gasteiger partial charge in [-0.15, -0.1) is 0 Å². The number of hydrogen-bond acceptors (Lipinski definition) is 4. The molecule has 0 spiro atoms. The summed E-state index contributed by atoms with van der Waals surface area (Å²) < 4.78 is 0. The van der Waals surface area contributed by atoms with Gasteiger partial charge >= 0.3 is 0 Å². The maximum absolute atomic E-state index is 12.6. The summed E-state index contributed by atoms with van der Waals surface area (Å²) in [4.78, 5) is 14.8. The van der Waals surface area contributed by atoms with Crippen molar-refractivity contribution < 1.29 is 4.79 Å². The van der Waals surface area contributed by atoms with Crippen LogP contribution in [-0.4, -0.2) is 29.6 Å². The topological polar surface area (TPSA) is 56.4 Å². The molecule has 3 aliphatic rings. The molecule has 5 heteroatoms. The summed E-state index contributed by atoms with van der Waals surface area (Å²) in [5.41, 5.74) is 1.98. The van der Waals surface area contributed by atoms with Gasteiger partial charge < -0.3 is 20.9 Å². The Labute approximate surface area is 133 Å². The molecule has 1 aliphatic carbocycles. The summed E-state index contributed by atoms with van der Waals surface area (Å²) in [7, 11) is 0. The maximum Gasteiger partial charge on any atom is 0.271 e. The summed E-state index contributed by atoms with van der Waals surface area (Å²) >= 11 is 0. The fourth-order valence-electron chi connectivity index (χ4n) is 3.63. The lowest BCUT2D eigenvalue weighted by Crippen LogP contribution is -2.42. The Morgan fingerprint density at radius 3 is 2.73 bits per heavy atom. The predicted molar refractivity (Wildman–Crippen MR) is 87.4 cm³/mol. The van der Waals surface area contributed by atoms with Crippen LogP contribution in [0.15, 0.2) is 23.3 Å². The molecule has 0 aromatic rings. The number of carbonyl (C=O) groups excluding carboxylic acids is 1. The molecule has 1 fully saturated rings. The second-order valence-corrected chi connectivity index (χ2v) is 6.97. The van der Waals surface area contributed by atoms with Gasteiger partial charge in [0.25, 0.3) is 5.91 Å². The molecule has 3 rings (SSSR count). The summed E-state index contributed by atoms with van der Waals surface area (Å²) in [5, 5.41) is 9.93. The van der Waals surface area contributed by atoms with E-state index in [1.807, 2.05) is 0 Å². The first-order valence-corrected chi connectivity index (χ1v) is 8.61. The maximum atomic E-state index is 12.6. The smallest absolute Gasteiger partial charge is 0.271 e. The second-order valence-electron chi connectivity index (χ2n) is 6.97. The third-order valence-corrected chi connectivity index (χ3v) is 4.78. The minimum atomic E-state index is 0.0362. The summed E-state index contributed by atoms with van der Waals surface area (Å²) in [6.07, 6.45) is 8.22. The molecular formula is C17H28N4O. The second kappa shape index (κ2) is 6.23. The Hall–Kier alpha value is -1.65. The minimum absolute atomic E-state index is 0.0362. The molecule has 0 saturated heterocycles. The third kappa shape index (κ3) is 2.94. The molecule has 3 N–H and O–H groups in total. The average Bonchev–Trinajstić information content (AvgIpc) is 2.90. The largest absolute Gasteiger partial charge is 0.364 e. The Morgan fingerprint density at radius 2 is 2.05 bits per heavy atom. The number of fused-ring (bicyclic) bond motifs is 1. The van der Waals surface area contributed by atoms with Gasteiger partial charge in [0.05, 0.1) is 6.67 Å². The lowest BCUT2D eigenvalue weighted by molar-refractivity contribution is -0.118. The lowest BCUT2D eigenvalue weighted by Gasteiger charge is -2.34. The van der Waals surface area contributed by atoms with Crippen LogP contribution in [0, 0.1) is 5.92 Å². The van der Waals surface area contributed by atoms with Crippen molar-refractivity contribution in [3.63, 3.8) is 0 Å². The number of allylic oxidation sites excluding steroid dienone is 1. The van der Waals surface area contributed by atoms with Gasteiger partial charge in [0, 0.05) is 17.8 Å². The van der Waals surface area contributed by atoms with Crippen molar-refractivity contribution in [3.05, 3.63) is 23.3 Å². The molecule has 2 heterocycles. The number of carbonyl (C=O) groups is 1. The molecule has 1 unspecified atom stereocenters. The highest BCUT2D eigenvalue weighted by Crippen LogP contribution is 2.28. The Bertz CT molecular complexity index is 503. The fraction of sp³-hybridized carbons (Fsp3) is 0.706. The third-order valence-electron chi connectivity index (χ3n) is 4.78. The van der Waals surface area contributed by atoms with Gasteiger partial charge in [-0.2, -0.15) is 0 Å². The zero-order valence-electron chi connectivity index (χ0n) is 13.9. The van der Waals surface area contributed by atoms with Gasteiger partial charge in [-0.25, -0.2) is 0 Å². The molecule has 1 saturated carbocycles. The highest BCUT2D eigenvalue weighted by molar-refractivity contribution is 5.94. The zero-order valence-corrected chi connectivity index (χ0v) is 13.9. The van der Waals surface area contributed by atoms with Crippen LogP contribution in [0.1, 0.15) is 52.9 Å². The van der Waals surface area contributed by atoms with Crippen LogP contribution in [0.2, 0.25) is 0 Å². The van der Waals surface area contributed by atoms with E-state index in [9.17, 15) is 4.79 Å². The van der Waals surface area contributed by atoms with E-state index < -0.39 is 0 Å². The number of amides is 1. The standard InChI is InChI=1S/C17H28N4O/c1-11(2)14-9-12(3)19-16-15(18-10-21(14)16)17(22)20-13-7-5-4-6-8-13/h9,11-13,18-19H,4-8,10H2,1-3H3,(H,20,22). The van der Waals surface area contributed by atoms with Crippen molar-refractivity contribution >= 4 is 5.91 Å². The number of rotatable bonds is 3. The van der Waals surface area contributed by atoms with Gasteiger partial charge in [0.1, 0.15) is 11.5 Å². The van der Waals surface area contributed by atoms with Crippen molar-refractivity contribution in [3.8, 4) is 0 Å². The normalized spacial score (nSPS) is 25.5. The highest BCUT2D eigenvalue weighted by Gasteiger charge is 2.34. The van der Waals surface area contributed by atoms with E-state index in [2.05, 4.69) is 47.7 Å². The number of hydrogen-bond donors (Lipinski definition) is 3. The van der Waals surface area contributed by atoms with Gasteiger partial charge in [0.15, 0.2) is 0 Å². The molecule has 0 bridgehead atoms. The van der Waals surface area contributed by atoms with Crippen LogP contribution in [0.4, 0.5) is 0 Å². The van der Waals surface area contributed by atoms with E-state index in [0.717, 1.165) is 18.7 Å². The van der Waals surface area contributed by atoms with Crippen molar-refractivity contribution in [2.75, 3.05) is 6.67 Å². The Morgan fingerprint density at radius 1 is 1.32 bits per heavy atom. The van der Waals surface area contributed by atoms with Crippen molar-refractivity contribution in [1.82, 2.24) is 20.9 Å². The van der Waals surface area contributed by atoms with Gasteiger partial charge in [-0.05, 0) is 31.8 Å². The first kappa shape index (κ1) is 15.3. The summed E-state index contributed by atoms with van der Waals surface area (Å²) in [6.45, 7) is 7.19. The van der Waals surface area contributed by atoms with Crippen LogP contribution in [0.5, 0.6) is 0 Å². The summed E-state index contributed by atoms with van der Waals surface area (Å²) in [6, 6.07) is 0.590. The summed E-state index contributed by atoms with van der Waals surface area (Å²) in [5.74, 6) is 1.42. The van der Waals surface area contributed by atoms with E-state index in [-0.39, 0.29) is 11.9 Å². The van der Waals surface area contributed by atoms with Crippen LogP contribution in [-0.2, 0) is 4.79 Å². The van der Waals surface area contributed by atoms with Crippen molar-refractivity contribution in [2.24, 2.45) is 5.92 Å². The monoisotopic (exact) mass is 304 g/mol. The van der Waals surface area contributed by atoms with Crippen LogP contribution < -0.4 is 16.0 Å². The van der Waals surface area contributed by atoms with Crippen LogP contribution in [0.3, 0.4) is 0 Å². The van der Waals surface area contributed by atoms with Crippen molar-refractivity contribution in [1.29, 1.82) is 0 Å². The van der Waals surface area contributed by atoms with Crippen molar-refractivity contribution in [2.45, 2.75) is 65.0 Å². The predicted octanol–water partition coefficient (Wildman–Crippen LogP) is 2.00. The molecule has 2 aliphatic heterocycles. The molecule has 0 radical (unpaired) electrons. The van der Waals surface area contributed by atoms with E-state index in [4.69, 9.17) is 0 Å². The van der Waals surface area contributed by atoms with E-state index >= 15 is 0 Å². The molecule has 0 aromatic heterocycles. The first-order valence-electron chi connectivity index (χ1n) is 8.61. The van der Waals surface area contributed by atoms with Gasteiger partial charge in [0.2, 0.25) is 0 Å². The van der Waals surface area contributed by atoms with Gasteiger partial charge in [-0.1, -0.05) is 33.1 Å². The van der Waals surface area contributed by atoms with Gasteiger partial charge in [-0.3, -0.25) is 4.79 Å². The molecule has 22 heavy (non-hydrogen) atoms. The molecule has 0 aromatic carbocycles. The Balaban J connectivity index is 1.76. The van der Waals surface area contributed by atoms with E-state index in [1.54, 1.807) is 0 Å². The van der Waals surface area contributed by atoms with E-state index in [0.29, 0.717) is 24.3 Å². The zero-order chi connectivity index (χ0) is 15.7. The van der Waals surface area contributed by atoms with E-state index in [1.165, 1.54) is 25.0 Å². The van der Waals surface area contributed by atoms with Crippen LogP contribution >= 0.6 is 0 Å². The molecule has 1 atom stereocenters. The fourth-order valence-corrected chi connectivity index (χ4v) is 3.63. The number of nitrogens with one attached hydrogen (secondary N) is 3. The first-order chi connectivity index (χ1) is 10.6. The molecule has 122 valence electrons. The highest BCUT2D eigenvalue weighted by atomic mass is 16.2. The Kier molecular flexibility index (Phi) is 4.32. The molecular weight excluding hydrogens is 276 g/mol. The minimum Gasteiger partial charge on any atom is -0.364 e. The molecule has 1 amide bonds. The SMILES string of the molecule is CC1C=C(C(C)C)N2CNC(C(=O)NC3CCCCC3)=C2N1. The quantitative estimate of drug-likeness (QED) is 0.746. The van der Waals surface area contributed by atoms with Crippen LogP contribution in [0.25, 0.3) is 0 Å².